The van der Waals surface area contributed by atoms with Crippen LogP contribution >= 0.6 is 0 Å². The highest BCUT2D eigenvalue weighted by molar-refractivity contribution is 7.91. The average molecular weight is 421 g/mol. The third kappa shape index (κ3) is 5.40. The van der Waals surface area contributed by atoms with Crippen molar-refractivity contribution >= 4 is 15.7 Å². The van der Waals surface area contributed by atoms with Gasteiger partial charge in [-0.05, 0) is 29.4 Å². The highest BCUT2D eigenvalue weighted by Crippen LogP contribution is 2.40. The first kappa shape index (κ1) is 22.3. The van der Waals surface area contributed by atoms with Gasteiger partial charge in [0.1, 0.15) is 0 Å². The van der Waals surface area contributed by atoms with Crippen molar-refractivity contribution in [3.05, 3.63) is 35.4 Å². The summed E-state index contributed by atoms with van der Waals surface area (Å²) in [7, 11) is -2.86. The minimum absolute atomic E-state index is 0.0996. The van der Waals surface area contributed by atoms with Crippen molar-refractivity contribution in [1.82, 2.24) is 10.2 Å². The quantitative estimate of drug-likeness (QED) is 0.795. The second-order valence-corrected chi connectivity index (χ2v) is 12.0. The van der Waals surface area contributed by atoms with Crippen LogP contribution in [0, 0.1) is 0 Å². The third-order valence-electron chi connectivity index (χ3n) is 6.60. The molecule has 0 atom stereocenters. The zero-order valence-corrected chi connectivity index (χ0v) is 19.0. The highest BCUT2D eigenvalue weighted by Gasteiger charge is 2.41. The largest absolute Gasteiger partial charge is 0.354 e. The summed E-state index contributed by atoms with van der Waals surface area (Å²) in [6, 6.07) is 8.65. The fraction of sp³-hybridized carbons (Fsp3) is 0.696. The Morgan fingerprint density at radius 2 is 1.62 bits per heavy atom. The van der Waals surface area contributed by atoms with Gasteiger partial charge in [-0.15, -0.1) is 0 Å². The van der Waals surface area contributed by atoms with Crippen molar-refractivity contribution in [2.45, 2.75) is 63.7 Å². The van der Waals surface area contributed by atoms with Gasteiger partial charge in [0.15, 0.2) is 9.84 Å². The second-order valence-electron chi connectivity index (χ2n) is 9.72. The van der Waals surface area contributed by atoms with E-state index in [-0.39, 0.29) is 22.8 Å². The van der Waals surface area contributed by atoms with Crippen LogP contribution in [-0.4, -0.2) is 56.9 Å². The number of carbonyl (C=O) groups is 1. The normalized spacial score (nSPS) is 22.2. The first-order valence-electron chi connectivity index (χ1n) is 10.9. The van der Waals surface area contributed by atoms with Gasteiger partial charge in [-0.25, -0.2) is 8.42 Å². The minimum atomic E-state index is -2.86. The van der Waals surface area contributed by atoms with E-state index >= 15 is 0 Å². The van der Waals surface area contributed by atoms with Crippen LogP contribution in [0.4, 0.5) is 0 Å². The Kier molecular flexibility index (Phi) is 6.74. The van der Waals surface area contributed by atoms with Gasteiger partial charge >= 0.3 is 0 Å². The Bertz CT molecular complexity index is 790. The van der Waals surface area contributed by atoms with Crippen molar-refractivity contribution in [1.29, 1.82) is 0 Å². The van der Waals surface area contributed by atoms with Gasteiger partial charge < -0.3 is 5.32 Å². The molecule has 1 aromatic carbocycles. The molecule has 2 fully saturated rings. The van der Waals surface area contributed by atoms with Crippen molar-refractivity contribution in [3.63, 3.8) is 0 Å². The molecule has 1 heterocycles. The number of hydrogen-bond donors (Lipinski definition) is 1. The monoisotopic (exact) mass is 420 g/mol. The van der Waals surface area contributed by atoms with E-state index in [1.807, 2.05) is 0 Å². The third-order valence-corrected chi connectivity index (χ3v) is 8.21. The summed E-state index contributed by atoms with van der Waals surface area (Å²) in [6.07, 6.45) is 5.15. The molecule has 1 aliphatic heterocycles. The van der Waals surface area contributed by atoms with Crippen LogP contribution in [0.25, 0.3) is 0 Å². The van der Waals surface area contributed by atoms with Gasteiger partial charge in [0.05, 0.1) is 16.9 Å². The SMILES string of the molecule is CC(C)(C)c1ccc(C2(C(=O)NCCN3CCS(=O)(=O)CC3)CCCCC2)cc1. The molecule has 1 aromatic rings. The molecule has 3 rings (SSSR count). The Balaban J connectivity index is 1.65. The molecule has 0 unspecified atom stereocenters. The number of hydrogen-bond acceptors (Lipinski definition) is 4. The number of amides is 1. The molecule has 2 aliphatic rings. The van der Waals surface area contributed by atoms with Crippen LogP contribution in [0.2, 0.25) is 0 Å². The van der Waals surface area contributed by atoms with Crippen LogP contribution in [0.15, 0.2) is 24.3 Å². The highest BCUT2D eigenvalue weighted by atomic mass is 32.2. The van der Waals surface area contributed by atoms with E-state index in [9.17, 15) is 13.2 Å². The molecular formula is C23H36N2O3S. The molecule has 0 spiro atoms. The molecule has 0 radical (unpaired) electrons. The zero-order chi connectivity index (χ0) is 21.1. The second kappa shape index (κ2) is 8.76. The summed E-state index contributed by atoms with van der Waals surface area (Å²) >= 11 is 0. The van der Waals surface area contributed by atoms with Gasteiger partial charge in [0, 0.05) is 26.2 Å². The number of nitrogens with one attached hydrogen (secondary N) is 1. The van der Waals surface area contributed by atoms with Crippen LogP contribution in [0.1, 0.15) is 64.0 Å². The number of sulfone groups is 1. The van der Waals surface area contributed by atoms with Gasteiger partial charge in [0.2, 0.25) is 5.91 Å². The summed E-state index contributed by atoms with van der Waals surface area (Å²) in [6.45, 7) is 9.03. The summed E-state index contributed by atoms with van der Waals surface area (Å²) in [5, 5.41) is 3.17. The van der Waals surface area contributed by atoms with Gasteiger partial charge in [-0.2, -0.15) is 0 Å². The predicted octanol–water partition coefficient (Wildman–Crippen LogP) is 3.03. The fourth-order valence-electron chi connectivity index (χ4n) is 4.56. The van der Waals surface area contributed by atoms with Gasteiger partial charge in [-0.3, -0.25) is 9.69 Å². The maximum atomic E-state index is 13.3. The van der Waals surface area contributed by atoms with Crippen molar-refractivity contribution < 1.29 is 13.2 Å². The fourth-order valence-corrected chi connectivity index (χ4v) is 5.84. The first-order chi connectivity index (χ1) is 13.6. The van der Waals surface area contributed by atoms with E-state index in [4.69, 9.17) is 0 Å². The number of carbonyl (C=O) groups excluding carboxylic acids is 1. The molecule has 1 saturated carbocycles. The Morgan fingerprint density at radius 1 is 1.03 bits per heavy atom. The van der Waals surface area contributed by atoms with E-state index in [1.165, 1.54) is 12.0 Å². The molecule has 0 aromatic heterocycles. The molecule has 1 amide bonds. The molecule has 6 heteroatoms. The molecule has 162 valence electrons. The lowest BCUT2D eigenvalue weighted by Gasteiger charge is -2.37. The summed E-state index contributed by atoms with van der Waals surface area (Å²) in [5.74, 6) is 0.584. The lowest BCUT2D eigenvalue weighted by molar-refractivity contribution is -0.128. The van der Waals surface area contributed by atoms with Gasteiger partial charge in [0.25, 0.3) is 0 Å². The van der Waals surface area contributed by atoms with Gasteiger partial charge in [-0.1, -0.05) is 64.3 Å². The molecule has 0 bridgehead atoms. The van der Waals surface area contributed by atoms with E-state index < -0.39 is 15.3 Å². The topological polar surface area (TPSA) is 66.5 Å². The number of nitrogens with zero attached hydrogens (tertiary/aromatic N) is 1. The molecular weight excluding hydrogens is 384 g/mol. The zero-order valence-electron chi connectivity index (χ0n) is 18.2. The first-order valence-corrected chi connectivity index (χ1v) is 12.8. The van der Waals surface area contributed by atoms with Crippen LogP contribution in [0.5, 0.6) is 0 Å². The van der Waals surface area contributed by atoms with E-state index in [0.717, 1.165) is 31.2 Å². The molecule has 1 aliphatic carbocycles. The minimum Gasteiger partial charge on any atom is -0.354 e. The summed E-state index contributed by atoms with van der Waals surface area (Å²) < 4.78 is 23.1. The molecule has 29 heavy (non-hydrogen) atoms. The summed E-state index contributed by atoms with van der Waals surface area (Å²) in [4.78, 5) is 15.5. The van der Waals surface area contributed by atoms with E-state index in [2.05, 4.69) is 55.3 Å². The van der Waals surface area contributed by atoms with Crippen LogP contribution in [0.3, 0.4) is 0 Å². The lowest BCUT2D eigenvalue weighted by Crippen LogP contribution is -2.49. The molecule has 1 N–H and O–H groups in total. The maximum Gasteiger partial charge on any atom is 0.230 e. The Morgan fingerprint density at radius 3 is 2.17 bits per heavy atom. The van der Waals surface area contributed by atoms with E-state index in [1.54, 1.807) is 0 Å². The van der Waals surface area contributed by atoms with Crippen LogP contribution in [-0.2, 0) is 25.5 Å². The van der Waals surface area contributed by atoms with Crippen LogP contribution < -0.4 is 5.32 Å². The standard InChI is InChI=1S/C23H36N2O3S/c1-22(2,3)19-7-9-20(10-8-19)23(11-5-4-6-12-23)21(26)24-13-14-25-15-17-29(27,28)18-16-25/h7-10H,4-6,11-18H2,1-3H3,(H,24,26). The average Bonchev–Trinajstić information content (AvgIpc) is 2.69. The van der Waals surface area contributed by atoms with Crippen molar-refractivity contribution in [2.75, 3.05) is 37.7 Å². The Labute approximate surface area is 176 Å². The number of rotatable bonds is 5. The summed E-state index contributed by atoms with van der Waals surface area (Å²) in [5.41, 5.74) is 2.09. The van der Waals surface area contributed by atoms with Crippen molar-refractivity contribution in [3.8, 4) is 0 Å². The number of benzene rings is 1. The predicted molar refractivity (Wildman–Crippen MR) is 118 cm³/mol. The molecule has 1 saturated heterocycles. The maximum absolute atomic E-state index is 13.3. The molecule has 5 nitrogen and oxygen atoms in total. The van der Waals surface area contributed by atoms with Crippen molar-refractivity contribution in [2.24, 2.45) is 0 Å². The smallest absolute Gasteiger partial charge is 0.230 e. The van der Waals surface area contributed by atoms with E-state index in [0.29, 0.717) is 26.2 Å². The Hall–Kier alpha value is -1.40. The lowest BCUT2D eigenvalue weighted by atomic mass is 9.68.